The molecule has 1 heterocycles. The Kier molecular flexibility index (Phi) is 7.54. The Morgan fingerprint density at radius 3 is 2.07 bits per heavy atom. The first-order valence-corrected chi connectivity index (χ1v) is 9.24. The largest absolute Gasteiger partial charge is 0.477 e. The van der Waals surface area contributed by atoms with Crippen molar-refractivity contribution in [1.29, 1.82) is 5.41 Å². The van der Waals surface area contributed by atoms with Gasteiger partial charge in [0.1, 0.15) is 16.9 Å². The smallest absolute Gasteiger partial charge is 0.439 e. The van der Waals surface area contributed by atoms with Crippen molar-refractivity contribution in [2.24, 2.45) is 5.10 Å². The summed E-state index contributed by atoms with van der Waals surface area (Å²) < 4.78 is 15.5. The SMILES string of the molecule is CCOC(=N)C1=NN(C(=O)OC(C)(C)C)C(=O)N(N(C(C)=O)C(=O)OC(C)(C)C)C1. The number of rotatable bonds is 3. The van der Waals surface area contributed by atoms with Gasteiger partial charge in [0.25, 0.3) is 0 Å². The van der Waals surface area contributed by atoms with E-state index < -0.39 is 47.8 Å². The number of amides is 5. The molecule has 30 heavy (non-hydrogen) atoms. The lowest BCUT2D eigenvalue weighted by Crippen LogP contribution is -2.61. The summed E-state index contributed by atoms with van der Waals surface area (Å²) in [5.74, 6) is -1.28. The van der Waals surface area contributed by atoms with E-state index in [-0.39, 0.29) is 12.3 Å². The number of carbonyl (C=O) groups is 4. The van der Waals surface area contributed by atoms with Gasteiger partial charge in [-0.1, -0.05) is 0 Å². The topological polar surface area (TPSA) is 142 Å². The number of imide groups is 2. The predicted octanol–water partition coefficient (Wildman–Crippen LogP) is 2.73. The van der Waals surface area contributed by atoms with E-state index in [9.17, 15) is 19.2 Å². The zero-order chi connectivity index (χ0) is 23.4. The lowest BCUT2D eigenvalue weighted by Gasteiger charge is -2.37. The molecule has 0 bridgehead atoms. The predicted molar refractivity (Wildman–Crippen MR) is 106 cm³/mol. The van der Waals surface area contributed by atoms with E-state index in [2.05, 4.69) is 5.10 Å². The molecule has 0 unspecified atom stereocenters. The number of hydrazone groups is 1. The number of hydrazine groups is 1. The molecule has 0 saturated heterocycles. The summed E-state index contributed by atoms with van der Waals surface area (Å²) in [7, 11) is 0. The van der Waals surface area contributed by atoms with Crippen LogP contribution in [0.4, 0.5) is 14.4 Å². The zero-order valence-corrected chi connectivity index (χ0v) is 18.6. The maximum Gasteiger partial charge on any atom is 0.439 e. The number of hydrogen-bond acceptors (Lipinski definition) is 9. The summed E-state index contributed by atoms with van der Waals surface area (Å²) in [6.07, 6.45) is -2.27. The molecule has 1 N–H and O–H groups in total. The van der Waals surface area contributed by atoms with Gasteiger partial charge in [-0.25, -0.2) is 19.4 Å². The number of ether oxygens (including phenoxy) is 3. The van der Waals surface area contributed by atoms with Crippen LogP contribution < -0.4 is 0 Å². The maximum absolute atomic E-state index is 12.9. The summed E-state index contributed by atoms with van der Waals surface area (Å²) in [6, 6.07) is -1.13. The van der Waals surface area contributed by atoms with Crippen molar-refractivity contribution >= 4 is 35.7 Å². The Labute approximate surface area is 175 Å². The third-order valence-corrected chi connectivity index (χ3v) is 3.15. The van der Waals surface area contributed by atoms with Crippen LogP contribution in [0.25, 0.3) is 0 Å². The minimum atomic E-state index is -1.15. The molecule has 0 radical (unpaired) electrons. The summed E-state index contributed by atoms with van der Waals surface area (Å²) in [5.41, 5.74) is -2.07. The van der Waals surface area contributed by atoms with E-state index in [1.165, 1.54) is 0 Å². The Balaban J connectivity index is 3.39. The fraction of sp³-hybridized carbons (Fsp3) is 0.667. The van der Waals surface area contributed by atoms with Gasteiger partial charge in [-0.2, -0.15) is 5.10 Å². The van der Waals surface area contributed by atoms with E-state index in [0.717, 1.165) is 6.92 Å². The molecule has 0 atom stereocenters. The van der Waals surface area contributed by atoms with E-state index in [1.807, 2.05) is 0 Å². The second-order valence-corrected chi connectivity index (χ2v) is 8.25. The van der Waals surface area contributed by atoms with E-state index in [0.29, 0.717) is 15.0 Å². The molecule has 0 fully saturated rings. The monoisotopic (exact) mass is 427 g/mol. The lowest BCUT2D eigenvalue weighted by molar-refractivity contribution is -0.140. The fourth-order valence-corrected chi connectivity index (χ4v) is 2.14. The van der Waals surface area contributed by atoms with Gasteiger partial charge in [-0.05, 0) is 48.5 Å². The van der Waals surface area contributed by atoms with Crippen LogP contribution in [0.15, 0.2) is 5.10 Å². The average Bonchev–Trinajstić information content (AvgIpc) is 2.52. The standard InChI is InChI=1S/C18H29N5O7/c1-9-28-13(19)12-10-21(23(11(2)24)16(27)30-18(6,7)8)14(25)22(20-12)15(26)29-17(3,4)5/h19H,9-10H2,1-8H3. The Morgan fingerprint density at radius 2 is 1.63 bits per heavy atom. The molecule has 0 saturated carbocycles. The second kappa shape index (κ2) is 9.09. The molecule has 1 aliphatic rings. The van der Waals surface area contributed by atoms with Crippen molar-refractivity contribution in [1.82, 2.24) is 15.0 Å². The highest BCUT2D eigenvalue weighted by Crippen LogP contribution is 2.19. The van der Waals surface area contributed by atoms with Crippen molar-refractivity contribution in [3.63, 3.8) is 0 Å². The molecule has 1 aliphatic heterocycles. The van der Waals surface area contributed by atoms with Crippen molar-refractivity contribution < 1.29 is 33.4 Å². The third kappa shape index (κ3) is 6.71. The number of nitrogens with one attached hydrogen (secondary N) is 1. The van der Waals surface area contributed by atoms with Crippen molar-refractivity contribution in [3.05, 3.63) is 0 Å². The Bertz CT molecular complexity index is 764. The van der Waals surface area contributed by atoms with E-state index in [4.69, 9.17) is 19.6 Å². The molecule has 12 nitrogen and oxygen atoms in total. The zero-order valence-electron chi connectivity index (χ0n) is 18.6. The molecule has 0 aliphatic carbocycles. The molecule has 0 aromatic heterocycles. The van der Waals surface area contributed by atoms with Crippen molar-refractivity contribution in [2.75, 3.05) is 13.2 Å². The second-order valence-electron chi connectivity index (χ2n) is 8.25. The van der Waals surface area contributed by atoms with Crippen LogP contribution in [0.1, 0.15) is 55.4 Å². The molecular weight excluding hydrogens is 398 g/mol. The van der Waals surface area contributed by atoms with Crippen LogP contribution in [0.5, 0.6) is 0 Å². The Hall–Kier alpha value is -3.18. The van der Waals surface area contributed by atoms with Gasteiger partial charge in [0, 0.05) is 6.92 Å². The molecule has 12 heteroatoms. The number of nitrogens with zero attached hydrogens (tertiary/aromatic N) is 4. The van der Waals surface area contributed by atoms with Crippen LogP contribution in [0, 0.1) is 5.41 Å². The van der Waals surface area contributed by atoms with E-state index >= 15 is 0 Å². The highest BCUT2D eigenvalue weighted by atomic mass is 16.6. The van der Waals surface area contributed by atoms with Crippen molar-refractivity contribution in [3.8, 4) is 0 Å². The normalized spacial score (nSPS) is 14.7. The molecule has 1 rings (SSSR count). The highest BCUT2D eigenvalue weighted by Gasteiger charge is 2.43. The van der Waals surface area contributed by atoms with Crippen LogP contribution >= 0.6 is 0 Å². The molecule has 5 amide bonds. The molecule has 0 aromatic rings. The third-order valence-electron chi connectivity index (χ3n) is 3.15. The van der Waals surface area contributed by atoms with E-state index in [1.54, 1.807) is 48.5 Å². The minimum Gasteiger partial charge on any atom is -0.477 e. The molecule has 0 spiro atoms. The van der Waals surface area contributed by atoms with Crippen LogP contribution in [-0.4, -0.2) is 75.1 Å². The summed E-state index contributed by atoms with van der Waals surface area (Å²) >= 11 is 0. The fourth-order valence-electron chi connectivity index (χ4n) is 2.14. The number of urea groups is 1. The van der Waals surface area contributed by atoms with Gasteiger partial charge in [-0.3, -0.25) is 10.2 Å². The molecule has 168 valence electrons. The van der Waals surface area contributed by atoms with Crippen LogP contribution in [-0.2, 0) is 19.0 Å². The first-order valence-electron chi connectivity index (χ1n) is 9.24. The first kappa shape index (κ1) is 24.9. The van der Waals surface area contributed by atoms with Crippen molar-refractivity contribution in [2.45, 2.75) is 66.6 Å². The van der Waals surface area contributed by atoms with Gasteiger partial charge in [-0.15, -0.1) is 10.0 Å². The van der Waals surface area contributed by atoms with Gasteiger partial charge in [0.05, 0.1) is 13.2 Å². The van der Waals surface area contributed by atoms with Gasteiger partial charge >= 0.3 is 18.2 Å². The highest BCUT2D eigenvalue weighted by molar-refractivity contribution is 6.39. The maximum atomic E-state index is 12.9. The summed E-state index contributed by atoms with van der Waals surface area (Å²) in [4.78, 5) is 50.2. The lowest BCUT2D eigenvalue weighted by atomic mass is 10.2. The quantitative estimate of drug-likeness (QED) is 0.539. The van der Waals surface area contributed by atoms with Crippen LogP contribution in [0.3, 0.4) is 0 Å². The number of hydrogen-bond donors (Lipinski definition) is 1. The van der Waals surface area contributed by atoms with Gasteiger partial charge in [0.15, 0.2) is 0 Å². The average molecular weight is 427 g/mol. The summed E-state index contributed by atoms with van der Waals surface area (Å²) in [6.45, 7) is 11.9. The Morgan fingerprint density at radius 1 is 1.10 bits per heavy atom. The number of carbonyl (C=O) groups excluding carboxylic acids is 4. The van der Waals surface area contributed by atoms with Crippen LogP contribution in [0.2, 0.25) is 0 Å². The first-order chi connectivity index (χ1) is 13.6. The summed E-state index contributed by atoms with van der Waals surface area (Å²) in [5, 5.41) is 13.2. The molecular formula is C18H29N5O7. The molecule has 0 aromatic carbocycles. The van der Waals surface area contributed by atoms with Gasteiger partial charge < -0.3 is 14.2 Å². The minimum absolute atomic E-state index is 0.126. The van der Waals surface area contributed by atoms with Gasteiger partial charge in [0.2, 0.25) is 11.8 Å².